The summed E-state index contributed by atoms with van der Waals surface area (Å²) in [6.45, 7) is 2.90. The lowest BCUT2D eigenvalue weighted by Gasteiger charge is -2.32. The minimum absolute atomic E-state index is 0.0299. The van der Waals surface area contributed by atoms with Gasteiger partial charge in [-0.2, -0.15) is 13.2 Å². The number of thioether (sulfide) groups is 1. The first-order chi connectivity index (χ1) is 17.1. The second-order valence-electron chi connectivity index (χ2n) is 9.23. The summed E-state index contributed by atoms with van der Waals surface area (Å²) in [4.78, 5) is 50.1. The van der Waals surface area contributed by atoms with Crippen molar-refractivity contribution in [2.75, 3.05) is 38.1 Å². The average molecular weight is 520 g/mol. The standard InChI is InChI=1S/C24H24F3N5O3S/c1-29-10-12-30(13-11-29)20(33)19-14-16(6-9-28-19)15-31-22(35)32(21(34)23(31)7-8-23)17-2-4-18(5-3-17)36-24(25,26)27/h2-6,9,14H,7-8,10-13,15H2,1H3. The van der Waals surface area contributed by atoms with Crippen LogP contribution in [0.15, 0.2) is 47.5 Å². The van der Waals surface area contributed by atoms with Gasteiger partial charge >= 0.3 is 11.5 Å². The Bertz CT molecular complexity index is 1190. The Hall–Kier alpha value is -3.12. The molecule has 2 aliphatic heterocycles. The number of carbonyl (C=O) groups excluding carboxylic acids is 3. The summed E-state index contributed by atoms with van der Waals surface area (Å²) in [7, 11) is 2.00. The third kappa shape index (κ3) is 4.66. The van der Waals surface area contributed by atoms with Gasteiger partial charge in [0, 0.05) is 43.8 Å². The number of likely N-dealkylation sites (N-methyl/N-ethyl adjacent to an activating group) is 1. The monoisotopic (exact) mass is 519 g/mol. The molecule has 1 saturated carbocycles. The van der Waals surface area contributed by atoms with Crippen LogP contribution in [0.1, 0.15) is 28.9 Å². The number of hydrogen-bond acceptors (Lipinski definition) is 6. The van der Waals surface area contributed by atoms with Crippen LogP contribution in [-0.2, 0) is 11.3 Å². The molecule has 4 amide bonds. The van der Waals surface area contributed by atoms with Crippen LogP contribution in [0.3, 0.4) is 0 Å². The number of pyridine rings is 1. The summed E-state index contributed by atoms with van der Waals surface area (Å²) >= 11 is -0.256. The van der Waals surface area contributed by atoms with E-state index in [9.17, 15) is 27.6 Å². The van der Waals surface area contributed by atoms with E-state index in [0.29, 0.717) is 31.5 Å². The maximum atomic E-state index is 13.3. The maximum Gasteiger partial charge on any atom is 0.446 e. The number of nitrogens with zero attached hydrogens (tertiary/aromatic N) is 5. The Balaban J connectivity index is 1.33. The van der Waals surface area contributed by atoms with Crippen LogP contribution >= 0.6 is 11.8 Å². The van der Waals surface area contributed by atoms with Gasteiger partial charge in [-0.15, -0.1) is 0 Å². The maximum absolute atomic E-state index is 13.3. The molecule has 2 saturated heterocycles. The van der Waals surface area contributed by atoms with Gasteiger partial charge in [0.25, 0.3) is 11.8 Å². The third-order valence-electron chi connectivity index (χ3n) is 6.77. The van der Waals surface area contributed by atoms with Crippen molar-refractivity contribution in [3.8, 4) is 0 Å². The second-order valence-corrected chi connectivity index (χ2v) is 10.4. The second kappa shape index (κ2) is 9.07. The average Bonchev–Trinajstić information content (AvgIpc) is 3.61. The fourth-order valence-corrected chi connectivity index (χ4v) is 5.14. The van der Waals surface area contributed by atoms with Crippen molar-refractivity contribution in [3.05, 3.63) is 53.9 Å². The van der Waals surface area contributed by atoms with Crippen LogP contribution in [0.4, 0.5) is 23.7 Å². The van der Waals surface area contributed by atoms with Crippen molar-refractivity contribution < 1.29 is 27.6 Å². The highest BCUT2D eigenvalue weighted by Crippen LogP contribution is 2.50. The number of rotatable bonds is 5. The topological polar surface area (TPSA) is 77.1 Å². The highest BCUT2D eigenvalue weighted by atomic mass is 32.2. The van der Waals surface area contributed by atoms with Gasteiger partial charge in [0.15, 0.2) is 0 Å². The number of hydrogen-bond donors (Lipinski definition) is 0. The number of amides is 4. The summed E-state index contributed by atoms with van der Waals surface area (Å²) in [5, 5.41) is 0. The van der Waals surface area contributed by atoms with E-state index in [-0.39, 0.29) is 46.4 Å². The first-order valence-corrected chi connectivity index (χ1v) is 12.3. The normalized spacial score (nSPS) is 19.9. The Kier molecular flexibility index (Phi) is 6.19. The highest BCUT2D eigenvalue weighted by molar-refractivity contribution is 8.00. The summed E-state index contributed by atoms with van der Waals surface area (Å²) in [5.41, 5.74) is -4.19. The van der Waals surface area contributed by atoms with E-state index in [2.05, 4.69) is 9.88 Å². The highest BCUT2D eigenvalue weighted by Gasteiger charge is 2.65. The van der Waals surface area contributed by atoms with E-state index >= 15 is 0 Å². The number of benzene rings is 1. The van der Waals surface area contributed by atoms with Gasteiger partial charge in [-0.25, -0.2) is 9.69 Å². The Labute approximate surface area is 210 Å². The molecule has 3 heterocycles. The zero-order valence-corrected chi connectivity index (χ0v) is 20.3. The fourth-order valence-electron chi connectivity index (χ4n) is 4.60. The van der Waals surface area contributed by atoms with Crippen LogP contribution in [0.2, 0.25) is 0 Å². The molecule has 1 aliphatic carbocycles. The van der Waals surface area contributed by atoms with E-state index in [4.69, 9.17) is 0 Å². The molecule has 8 nitrogen and oxygen atoms in total. The Morgan fingerprint density at radius 3 is 2.33 bits per heavy atom. The summed E-state index contributed by atoms with van der Waals surface area (Å²) in [5.74, 6) is -0.556. The van der Waals surface area contributed by atoms with Gasteiger partial charge in [-0.3, -0.25) is 14.6 Å². The zero-order valence-electron chi connectivity index (χ0n) is 19.5. The molecular weight excluding hydrogens is 495 g/mol. The Morgan fingerprint density at radius 2 is 1.72 bits per heavy atom. The number of aromatic nitrogens is 1. The lowest BCUT2D eigenvalue weighted by atomic mass is 10.1. The van der Waals surface area contributed by atoms with Gasteiger partial charge in [-0.05, 0) is 73.6 Å². The predicted molar refractivity (Wildman–Crippen MR) is 126 cm³/mol. The number of urea groups is 1. The van der Waals surface area contributed by atoms with E-state index in [1.165, 1.54) is 35.4 Å². The molecule has 5 rings (SSSR count). The number of piperazine rings is 1. The predicted octanol–water partition coefficient (Wildman–Crippen LogP) is 3.58. The van der Waals surface area contributed by atoms with E-state index in [1.54, 1.807) is 17.0 Å². The molecule has 3 aliphatic rings. The molecule has 190 valence electrons. The van der Waals surface area contributed by atoms with Crippen LogP contribution in [0, 0.1) is 0 Å². The van der Waals surface area contributed by atoms with Crippen LogP contribution in [0.25, 0.3) is 0 Å². The van der Waals surface area contributed by atoms with Crippen LogP contribution < -0.4 is 4.90 Å². The molecule has 36 heavy (non-hydrogen) atoms. The molecule has 1 spiro atoms. The molecule has 12 heteroatoms. The molecule has 0 unspecified atom stereocenters. The van der Waals surface area contributed by atoms with Crippen molar-refractivity contribution in [1.82, 2.24) is 19.7 Å². The summed E-state index contributed by atoms with van der Waals surface area (Å²) < 4.78 is 37.9. The largest absolute Gasteiger partial charge is 0.446 e. The molecule has 1 aromatic heterocycles. The van der Waals surface area contributed by atoms with Crippen molar-refractivity contribution in [2.45, 2.75) is 35.3 Å². The smallest absolute Gasteiger partial charge is 0.335 e. The molecule has 0 atom stereocenters. The van der Waals surface area contributed by atoms with Crippen molar-refractivity contribution >= 4 is 35.3 Å². The fraction of sp³-hybridized carbons (Fsp3) is 0.417. The van der Waals surface area contributed by atoms with Gasteiger partial charge < -0.3 is 14.7 Å². The lowest BCUT2D eigenvalue weighted by Crippen LogP contribution is -2.47. The number of carbonyl (C=O) groups is 3. The third-order valence-corrected chi connectivity index (χ3v) is 7.51. The van der Waals surface area contributed by atoms with Crippen molar-refractivity contribution in [1.29, 1.82) is 0 Å². The quantitative estimate of drug-likeness (QED) is 0.444. The summed E-state index contributed by atoms with van der Waals surface area (Å²) in [6.07, 6.45) is 2.54. The molecule has 0 N–H and O–H groups in total. The lowest BCUT2D eigenvalue weighted by molar-refractivity contribution is -0.120. The number of imide groups is 1. The van der Waals surface area contributed by atoms with Gasteiger partial charge in [-0.1, -0.05) is 0 Å². The molecule has 3 fully saturated rings. The van der Waals surface area contributed by atoms with Gasteiger partial charge in [0.2, 0.25) is 0 Å². The van der Waals surface area contributed by atoms with E-state index < -0.39 is 17.1 Å². The number of halogens is 3. The van der Waals surface area contributed by atoms with Crippen molar-refractivity contribution in [3.63, 3.8) is 0 Å². The molecular formula is C24H24F3N5O3S. The zero-order chi connectivity index (χ0) is 25.7. The molecule has 2 aromatic rings. The van der Waals surface area contributed by atoms with E-state index in [1.807, 2.05) is 7.05 Å². The molecule has 0 bridgehead atoms. The first-order valence-electron chi connectivity index (χ1n) is 11.5. The summed E-state index contributed by atoms with van der Waals surface area (Å²) in [6, 6.07) is 8.02. The molecule has 0 radical (unpaired) electrons. The molecule has 1 aromatic carbocycles. The SMILES string of the molecule is CN1CCN(C(=O)c2cc(CN3C(=O)N(c4ccc(SC(F)(F)F)cc4)C(=O)C34CC4)ccn2)CC1. The van der Waals surface area contributed by atoms with E-state index in [0.717, 1.165) is 18.0 Å². The first kappa shape index (κ1) is 24.6. The minimum atomic E-state index is -4.43. The number of alkyl halides is 3. The number of anilines is 1. The van der Waals surface area contributed by atoms with Gasteiger partial charge in [0.05, 0.1) is 5.69 Å². The Morgan fingerprint density at radius 1 is 1.06 bits per heavy atom. The van der Waals surface area contributed by atoms with Crippen LogP contribution in [0.5, 0.6) is 0 Å². The van der Waals surface area contributed by atoms with Crippen LogP contribution in [-0.4, -0.2) is 81.8 Å². The van der Waals surface area contributed by atoms with Crippen molar-refractivity contribution in [2.24, 2.45) is 0 Å². The van der Waals surface area contributed by atoms with Gasteiger partial charge in [0.1, 0.15) is 11.2 Å². The minimum Gasteiger partial charge on any atom is -0.335 e.